The number of carbonyl (C=O) groups is 2. The zero-order valence-corrected chi connectivity index (χ0v) is 15.5. The van der Waals surface area contributed by atoms with E-state index in [0.29, 0.717) is 5.56 Å². The van der Waals surface area contributed by atoms with E-state index in [-0.39, 0.29) is 24.0 Å². The molecule has 0 radical (unpaired) electrons. The standard InChI is InChI=1S/C21H21F2NO4/c1-13(26)18(21(2,28)20(22)23)24-19(27)15-9-7-14(8-10-15)5-3-4-6-16-11-17(16)12-25/h7-10,16-18,20,25,28H,11-12H2,1-2H3,(H,24,27)/t16?,17?,18-,21+/m1/s1. The predicted molar refractivity (Wildman–Crippen MR) is 98.3 cm³/mol. The minimum absolute atomic E-state index is 0.132. The molecule has 1 aromatic rings. The summed E-state index contributed by atoms with van der Waals surface area (Å²) in [7, 11) is 0. The smallest absolute Gasteiger partial charge is 0.269 e. The molecule has 1 aliphatic carbocycles. The molecular weight excluding hydrogens is 368 g/mol. The van der Waals surface area contributed by atoms with Gasteiger partial charge in [0.25, 0.3) is 12.3 Å². The van der Waals surface area contributed by atoms with E-state index in [1.165, 1.54) is 12.1 Å². The van der Waals surface area contributed by atoms with Gasteiger partial charge in [0.1, 0.15) is 11.6 Å². The highest BCUT2D eigenvalue weighted by molar-refractivity contribution is 5.98. The minimum atomic E-state index is -3.20. The number of rotatable bonds is 6. The quantitative estimate of drug-likeness (QED) is 0.642. The number of aliphatic hydroxyl groups is 2. The molecule has 1 saturated carbocycles. The monoisotopic (exact) mass is 389 g/mol. The zero-order chi connectivity index (χ0) is 20.9. The Kier molecular flexibility index (Phi) is 6.90. The summed E-state index contributed by atoms with van der Waals surface area (Å²) >= 11 is 0. The van der Waals surface area contributed by atoms with E-state index in [4.69, 9.17) is 5.11 Å². The summed E-state index contributed by atoms with van der Waals surface area (Å²) in [5.74, 6) is 10.1. The number of ketones is 1. The van der Waals surface area contributed by atoms with Crippen LogP contribution in [0.3, 0.4) is 0 Å². The number of amides is 1. The van der Waals surface area contributed by atoms with Crippen molar-refractivity contribution in [1.29, 1.82) is 0 Å². The highest BCUT2D eigenvalue weighted by Gasteiger charge is 2.44. The van der Waals surface area contributed by atoms with Gasteiger partial charge in [-0.1, -0.05) is 11.8 Å². The normalized spacial score (nSPS) is 20.7. The number of halogens is 2. The first kappa shape index (κ1) is 21.6. The molecule has 4 atom stereocenters. The molecule has 2 unspecified atom stereocenters. The second-order valence-electron chi connectivity index (χ2n) is 6.93. The lowest BCUT2D eigenvalue weighted by molar-refractivity contribution is -0.138. The number of aliphatic hydroxyl groups excluding tert-OH is 1. The topological polar surface area (TPSA) is 86.6 Å². The van der Waals surface area contributed by atoms with Crippen LogP contribution in [0.1, 0.15) is 36.2 Å². The van der Waals surface area contributed by atoms with Crippen LogP contribution in [0.15, 0.2) is 24.3 Å². The van der Waals surface area contributed by atoms with Crippen LogP contribution in [-0.2, 0) is 4.79 Å². The molecular formula is C21H21F2NO4. The van der Waals surface area contributed by atoms with Gasteiger partial charge in [0.2, 0.25) is 0 Å². The first-order chi connectivity index (χ1) is 13.2. The predicted octanol–water partition coefficient (Wildman–Crippen LogP) is 1.37. The molecule has 2 rings (SSSR count). The molecule has 0 bridgehead atoms. The van der Waals surface area contributed by atoms with Crippen LogP contribution >= 0.6 is 0 Å². The van der Waals surface area contributed by atoms with Crippen LogP contribution < -0.4 is 5.32 Å². The SMILES string of the molecule is CC(=O)[C@@H](NC(=O)c1ccc(C#CC#CC2CC2CO)cc1)[C@](C)(O)C(F)F. The highest BCUT2D eigenvalue weighted by atomic mass is 19.3. The molecule has 1 fully saturated rings. The van der Waals surface area contributed by atoms with E-state index in [9.17, 15) is 23.5 Å². The Morgan fingerprint density at radius 1 is 1.29 bits per heavy atom. The van der Waals surface area contributed by atoms with E-state index in [1.807, 2.05) is 0 Å². The number of Topliss-reactive ketones (excluding diaryl/α,β-unsaturated/α-hetero) is 1. The molecule has 0 aromatic heterocycles. The van der Waals surface area contributed by atoms with E-state index >= 15 is 0 Å². The molecule has 1 aromatic carbocycles. The van der Waals surface area contributed by atoms with E-state index in [2.05, 4.69) is 29.0 Å². The number of benzene rings is 1. The van der Waals surface area contributed by atoms with Crippen molar-refractivity contribution in [2.75, 3.05) is 6.61 Å². The molecule has 7 heteroatoms. The van der Waals surface area contributed by atoms with Crippen LogP contribution in [-0.4, -0.2) is 46.6 Å². The van der Waals surface area contributed by atoms with Crippen molar-refractivity contribution < 1.29 is 28.6 Å². The summed E-state index contributed by atoms with van der Waals surface area (Å²) in [6.45, 7) is 1.95. The van der Waals surface area contributed by atoms with Gasteiger partial charge in [-0.25, -0.2) is 8.78 Å². The van der Waals surface area contributed by atoms with Crippen molar-refractivity contribution in [3.63, 3.8) is 0 Å². The lowest BCUT2D eigenvalue weighted by Crippen LogP contribution is -2.58. The van der Waals surface area contributed by atoms with Crippen molar-refractivity contribution in [1.82, 2.24) is 5.32 Å². The Hall–Kier alpha value is -2.74. The van der Waals surface area contributed by atoms with Gasteiger partial charge < -0.3 is 15.5 Å². The number of carbonyl (C=O) groups excluding carboxylic acids is 2. The Labute approximate surface area is 162 Å². The third-order valence-electron chi connectivity index (χ3n) is 4.54. The van der Waals surface area contributed by atoms with Gasteiger partial charge in [-0.3, -0.25) is 9.59 Å². The van der Waals surface area contributed by atoms with Crippen LogP contribution in [0.5, 0.6) is 0 Å². The summed E-state index contributed by atoms with van der Waals surface area (Å²) in [6.07, 6.45) is -2.32. The molecule has 1 aliphatic rings. The molecule has 3 N–H and O–H groups in total. The van der Waals surface area contributed by atoms with E-state index in [1.54, 1.807) is 12.1 Å². The fourth-order valence-corrected chi connectivity index (χ4v) is 2.56. The van der Waals surface area contributed by atoms with Gasteiger partial charge in [0, 0.05) is 23.7 Å². The molecule has 0 saturated heterocycles. The largest absolute Gasteiger partial charge is 0.396 e. The summed E-state index contributed by atoms with van der Waals surface area (Å²) in [5.41, 5.74) is -1.94. The van der Waals surface area contributed by atoms with Gasteiger partial charge in [-0.2, -0.15) is 0 Å². The minimum Gasteiger partial charge on any atom is -0.396 e. The summed E-state index contributed by atoms with van der Waals surface area (Å²) in [6, 6.07) is 4.25. The lowest BCUT2D eigenvalue weighted by Gasteiger charge is -2.30. The number of nitrogens with one attached hydrogen (secondary N) is 1. The second kappa shape index (κ2) is 8.97. The van der Waals surface area contributed by atoms with Gasteiger partial charge in [-0.15, -0.1) is 0 Å². The van der Waals surface area contributed by atoms with Crippen molar-refractivity contribution >= 4 is 11.7 Å². The molecule has 0 heterocycles. The van der Waals surface area contributed by atoms with Crippen molar-refractivity contribution in [2.24, 2.45) is 11.8 Å². The fraction of sp³-hybridized carbons (Fsp3) is 0.429. The lowest BCUT2D eigenvalue weighted by atomic mass is 9.93. The third kappa shape index (κ3) is 5.39. The number of hydrogen-bond donors (Lipinski definition) is 3. The molecule has 28 heavy (non-hydrogen) atoms. The van der Waals surface area contributed by atoms with Crippen LogP contribution in [0.25, 0.3) is 0 Å². The van der Waals surface area contributed by atoms with Crippen molar-refractivity contribution in [3.05, 3.63) is 35.4 Å². The van der Waals surface area contributed by atoms with Crippen molar-refractivity contribution in [3.8, 4) is 23.7 Å². The summed E-state index contributed by atoms with van der Waals surface area (Å²) < 4.78 is 26.0. The highest BCUT2D eigenvalue weighted by Crippen LogP contribution is 2.36. The maximum atomic E-state index is 13.0. The van der Waals surface area contributed by atoms with Gasteiger partial charge in [0.05, 0.1) is 0 Å². The maximum absolute atomic E-state index is 13.0. The van der Waals surface area contributed by atoms with E-state index in [0.717, 1.165) is 20.3 Å². The molecule has 0 spiro atoms. The van der Waals surface area contributed by atoms with Crippen molar-refractivity contribution in [2.45, 2.75) is 38.3 Å². The Bertz CT molecular complexity index is 856. The molecule has 148 valence electrons. The summed E-state index contributed by atoms with van der Waals surface area (Å²) in [4.78, 5) is 23.8. The summed E-state index contributed by atoms with van der Waals surface area (Å²) in [5, 5.41) is 20.9. The van der Waals surface area contributed by atoms with Crippen LogP contribution in [0.2, 0.25) is 0 Å². The first-order valence-electron chi connectivity index (χ1n) is 8.71. The Morgan fingerprint density at radius 2 is 1.93 bits per heavy atom. The molecule has 1 amide bonds. The molecule has 0 aliphatic heterocycles. The van der Waals surface area contributed by atoms with Gasteiger partial charge in [-0.05, 0) is 62.3 Å². The molecule has 5 nitrogen and oxygen atoms in total. The van der Waals surface area contributed by atoms with E-state index < -0.39 is 29.8 Å². The average Bonchev–Trinajstić information content (AvgIpc) is 3.41. The first-order valence-corrected chi connectivity index (χ1v) is 8.71. The van der Waals surface area contributed by atoms with Gasteiger partial charge >= 0.3 is 0 Å². The Morgan fingerprint density at radius 3 is 2.43 bits per heavy atom. The zero-order valence-electron chi connectivity index (χ0n) is 15.5. The second-order valence-corrected chi connectivity index (χ2v) is 6.93. The number of hydrogen-bond acceptors (Lipinski definition) is 4. The van der Waals surface area contributed by atoms with Crippen LogP contribution in [0.4, 0.5) is 8.78 Å². The maximum Gasteiger partial charge on any atom is 0.269 e. The fourth-order valence-electron chi connectivity index (χ4n) is 2.56. The average molecular weight is 389 g/mol. The van der Waals surface area contributed by atoms with Crippen LogP contribution in [0, 0.1) is 35.5 Å². The van der Waals surface area contributed by atoms with Gasteiger partial charge in [0.15, 0.2) is 5.78 Å². The number of alkyl halides is 2. The third-order valence-corrected chi connectivity index (χ3v) is 4.54. The Balaban J connectivity index is 2.02.